The molecule has 0 atom stereocenters. The lowest BCUT2D eigenvalue weighted by molar-refractivity contribution is -0.113. The van der Waals surface area contributed by atoms with E-state index < -0.39 is 5.91 Å². The molecule has 0 radical (unpaired) electrons. The van der Waals surface area contributed by atoms with Gasteiger partial charge in [-0.25, -0.2) is 4.98 Å². The quantitative estimate of drug-likeness (QED) is 0.480. The predicted molar refractivity (Wildman–Crippen MR) is 116 cm³/mol. The fourth-order valence-corrected chi connectivity index (χ4v) is 5.62. The number of carbonyl (C=O) groups excluding carboxylic acids is 2. The summed E-state index contributed by atoms with van der Waals surface area (Å²) in [5.74, 6) is -0.713. The Morgan fingerprint density at radius 1 is 1.34 bits per heavy atom. The third kappa shape index (κ3) is 3.67. The van der Waals surface area contributed by atoms with Gasteiger partial charge in [0.1, 0.15) is 5.00 Å². The lowest BCUT2D eigenvalue weighted by atomic mass is 10.1. The Labute approximate surface area is 175 Å². The van der Waals surface area contributed by atoms with Crippen molar-refractivity contribution >= 4 is 50.8 Å². The van der Waals surface area contributed by atoms with E-state index in [1.807, 2.05) is 25.1 Å². The van der Waals surface area contributed by atoms with Crippen molar-refractivity contribution in [3.63, 3.8) is 0 Å². The van der Waals surface area contributed by atoms with Crippen molar-refractivity contribution in [1.82, 2.24) is 9.55 Å². The highest BCUT2D eigenvalue weighted by molar-refractivity contribution is 7.99. The Bertz CT molecular complexity index is 1210. The molecule has 3 aromatic rings. The minimum absolute atomic E-state index is 0.0679. The van der Waals surface area contributed by atoms with Gasteiger partial charge in [0, 0.05) is 11.9 Å². The van der Waals surface area contributed by atoms with Gasteiger partial charge in [0.2, 0.25) is 5.91 Å². The maximum Gasteiger partial charge on any atom is 0.261 e. The molecule has 2 amide bonds. The third-order valence-electron chi connectivity index (χ3n) is 4.94. The van der Waals surface area contributed by atoms with Crippen LogP contribution in [0.1, 0.15) is 32.8 Å². The first-order valence-electron chi connectivity index (χ1n) is 9.19. The number of nitrogens with zero attached hydrogens (tertiary/aromatic N) is 2. The molecule has 1 aliphatic rings. The molecule has 150 valence electrons. The zero-order chi connectivity index (χ0) is 20.7. The SMILES string of the molecule is Cc1ccc2nc(SCC(=O)Nc3sc4c(c3C(N)=O)CCC4)n(C)c(=O)c2c1. The molecule has 0 bridgehead atoms. The molecule has 3 N–H and O–H groups in total. The summed E-state index contributed by atoms with van der Waals surface area (Å²) in [7, 11) is 1.65. The molecule has 29 heavy (non-hydrogen) atoms. The van der Waals surface area contributed by atoms with E-state index in [0.29, 0.717) is 26.6 Å². The Morgan fingerprint density at radius 2 is 2.14 bits per heavy atom. The van der Waals surface area contributed by atoms with Crippen molar-refractivity contribution in [3.8, 4) is 0 Å². The molecule has 2 aromatic heterocycles. The van der Waals surface area contributed by atoms with Crippen molar-refractivity contribution in [1.29, 1.82) is 0 Å². The highest BCUT2D eigenvalue weighted by atomic mass is 32.2. The van der Waals surface area contributed by atoms with E-state index >= 15 is 0 Å². The first kappa shape index (κ1) is 19.7. The van der Waals surface area contributed by atoms with Crippen molar-refractivity contribution in [3.05, 3.63) is 50.1 Å². The Morgan fingerprint density at radius 3 is 2.90 bits per heavy atom. The number of primary amides is 1. The number of hydrogen-bond donors (Lipinski definition) is 2. The fraction of sp³-hybridized carbons (Fsp3) is 0.300. The van der Waals surface area contributed by atoms with Crippen LogP contribution in [0.4, 0.5) is 5.00 Å². The van der Waals surface area contributed by atoms with Crippen LogP contribution < -0.4 is 16.6 Å². The number of nitrogens with one attached hydrogen (secondary N) is 1. The average molecular weight is 429 g/mol. The van der Waals surface area contributed by atoms with E-state index in [9.17, 15) is 14.4 Å². The zero-order valence-corrected chi connectivity index (χ0v) is 17.7. The van der Waals surface area contributed by atoms with Gasteiger partial charge in [-0.2, -0.15) is 0 Å². The summed E-state index contributed by atoms with van der Waals surface area (Å²) in [4.78, 5) is 42.6. The molecule has 0 spiro atoms. The summed E-state index contributed by atoms with van der Waals surface area (Å²) in [6.07, 6.45) is 2.73. The number of benzene rings is 1. The van der Waals surface area contributed by atoms with Gasteiger partial charge in [0.15, 0.2) is 5.16 Å². The number of rotatable bonds is 5. The lowest BCUT2D eigenvalue weighted by Crippen LogP contribution is -2.22. The second kappa shape index (κ2) is 7.64. The summed E-state index contributed by atoms with van der Waals surface area (Å²) in [5.41, 5.74) is 8.39. The van der Waals surface area contributed by atoms with Crippen LogP contribution in [0.2, 0.25) is 0 Å². The Kier molecular flexibility index (Phi) is 5.18. The Balaban J connectivity index is 1.52. The number of anilines is 1. The van der Waals surface area contributed by atoms with E-state index in [1.54, 1.807) is 7.05 Å². The second-order valence-electron chi connectivity index (χ2n) is 7.04. The first-order valence-corrected chi connectivity index (χ1v) is 11.0. The van der Waals surface area contributed by atoms with Crippen LogP contribution in [0.5, 0.6) is 0 Å². The van der Waals surface area contributed by atoms with Crippen molar-refractivity contribution in [2.75, 3.05) is 11.1 Å². The van der Waals surface area contributed by atoms with Gasteiger partial charge in [-0.05, 0) is 43.9 Å². The molecule has 0 aliphatic heterocycles. The zero-order valence-electron chi connectivity index (χ0n) is 16.1. The van der Waals surface area contributed by atoms with Gasteiger partial charge < -0.3 is 11.1 Å². The van der Waals surface area contributed by atoms with Crippen molar-refractivity contribution in [2.24, 2.45) is 12.8 Å². The Hall–Kier alpha value is -2.65. The van der Waals surface area contributed by atoms with E-state index in [-0.39, 0.29) is 17.2 Å². The smallest absolute Gasteiger partial charge is 0.261 e. The number of hydrogen-bond acceptors (Lipinski definition) is 6. The second-order valence-corrected chi connectivity index (χ2v) is 9.09. The van der Waals surface area contributed by atoms with Crippen LogP contribution in [0, 0.1) is 6.92 Å². The van der Waals surface area contributed by atoms with Crippen LogP contribution in [0.25, 0.3) is 10.9 Å². The predicted octanol–water partition coefficient (Wildman–Crippen LogP) is 2.62. The number of carbonyl (C=O) groups is 2. The van der Waals surface area contributed by atoms with E-state index in [0.717, 1.165) is 35.3 Å². The third-order valence-corrected chi connectivity index (χ3v) is 7.18. The largest absolute Gasteiger partial charge is 0.365 e. The highest BCUT2D eigenvalue weighted by Gasteiger charge is 2.26. The average Bonchev–Trinajstić information content (AvgIpc) is 3.24. The number of thiophene rings is 1. The summed E-state index contributed by atoms with van der Waals surface area (Å²) < 4.78 is 1.45. The van der Waals surface area contributed by atoms with E-state index in [1.165, 1.54) is 27.7 Å². The number of nitrogens with two attached hydrogens (primary N) is 1. The monoisotopic (exact) mass is 428 g/mol. The van der Waals surface area contributed by atoms with Crippen molar-refractivity contribution < 1.29 is 9.59 Å². The van der Waals surface area contributed by atoms with Crippen LogP contribution >= 0.6 is 23.1 Å². The normalized spacial score (nSPS) is 12.9. The van der Waals surface area contributed by atoms with Gasteiger partial charge in [0.25, 0.3) is 11.5 Å². The van der Waals surface area contributed by atoms with Gasteiger partial charge >= 0.3 is 0 Å². The molecule has 1 aliphatic carbocycles. The summed E-state index contributed by atoms with van der Waals surface area (Å²) in [6.45, 7) is 1.92. The lowest BCUT2D eigenvalue weighted by Gasteiger charge is -2.09. The van der Waals surface area contributed by atoms with Gasteiger partial charge in [0.05, 0.1) is 22.2 Å². The molecule has 9 heteroatoms. The number of thioether (sulfide) groups is 1. The molecule has 0 fully saturated rings. The van der Waals surface area contributed by atoms with Gasteiger partial charge in [-0.3, -0.25) is 19.0 Å². The molecule has 1 aromatic carbocycles. The van der Waals surface area contributed by atoms with Gasteiger partial charge in [-0.1, -0.05) is 23.4 Å². The summed E-state index contributed by atoms with van der Waals surface area (Å²) >= 11 is 2.60. The summed E-state index contributed by atoms with van der Waals surface area (Å²) in [5, 5.41) is 4.35. The van der Waals surface area contributed by atoms with E-state index in [4.69, 9.17) is 5.73 Å². The highest BCUT2D eigenvalue weighted by Crippen LogP contribution is 2.38. The van der Waals surface area contributed by atoms with E-state index in [2.05, 4.69) is 10.3 Å². The standard InChI is InChI=1S/C20H20N4O3S2/c1-10-6-7-13-12(8-10)19(27)24(2)20(22-13)28-9-15(25)23-18-16(17(21)26)11-4-3-5-14(11)29-18/h6-8H,3-5,9H2,1-2H3,(H2,21,26)(H,23,25). The molecule has 2 heterocycles. The van der Waals surface area contributed by atoms with Crippen LogP contribution in [-0.4, -0.2) is 27.1 Å². The van der Waals surface area contributed by atoms with Crippen LogP contribution in [-0.2, 0) is 24.7 Å². The first-order chi connectivity index (χ1) is 13.8. The minimum atomic E-state index is -0.513. The molecule has 0 saturated carbocycles. The summed E-state index contributed by atoms with van der Waals surface area (Å²) in [6, 6.07) is 5.52. The topological polar surface area (TPSA) is 107 Å². The molecule has 0 unspecified atom stereocenters. The molecule has 0 saturated heterocycles. The fourth-order valence-electron chi connectivity index (χ4n) is 3.54. The molecule has 7 nitrogen and oxygen atoms in total. The number of aryl methyl sites for hydroxylation is 2. The van der Waals surface area contributed by atoms with Gasteiger partial charge in [-0.15, -0.1) is 11.3 Å². The number of aromatic nitrogens is 2. The molecular weight excluding hydrogens is 408 g/mol. The maximum atomic E-state index is 12.6. The maximum absolute atomic E-state index is 12.6. The number of amides is 2. The number of fused-ring (bicyclic) bond motifs is 2. The molecular formula is C20H20N4O3S2. The molecule has 4 rings (SSSR count). The minimum Gasteiger partial charge on any atom is -0.365 e. The van der Waals surface area contributed by atoms with Crippen LogP contribution in [0.3, 0.4) is 0 Å². The van der Waals surface area contributed by atoms with Crippen LogP contribution in [0.15, 0.2) is 28.2 Å². The van der Waals surface area contributed by atoms with Crippen molar-refractivity contribution in [2.45, 2.75) is 31.3 Å².